The van der Waals surface area contributed by atoms with Crippen molar-refractivity contribution in [3.8, 4) is 0 Å². The minimum absolute atomic E-state index is 0.101. The Balaban J connectivity index is 3.63. The van der Waals surface area contributed by atoms with E-state index < -0.39 is 0 Å². The van der Waals surface area contributed by atoms with Crippen molar-refractivity contribution in [3.05, 3.63) is 0 Å². The zero-order valence-electron chi connectivity index (χ0n) is 7.14. The highest BCUT2D eigenvalue weighted by atomic mass is 32.2. The summed E-state index contributed by atoms with van der Waals surface area (Å²) >= 11 is 1.78. The van der Waals surface area contributed by atoms with Crippen molar-refractivity contribution in [3.63, 3.8) is 0 Å². The second-order valence-corrected chi connectivity index (χ2v) is 3.49. The van der Waals surface area contributed by atoms with Gasteiger partial charge in [-0.2, -0.15) is 11.8 Å². The van der Waals surface area contributed by atoms with Crippen molar-refractivity contribution < 1.29 is 0 Å². The van der Waals surface area contributed by atoms with Crippen molar-refractivity contribution in [2.75, 3.05) is 19.1 Å². The third-order valence-electron chi connectivity index (χ3n) is 1.27. The second-order valence-electron chi connectivity index (χ2n) is 2.58. The first kappa shape index (κ1) is 9.98. The molecule has 0 rings (SSSR count). The largest absolute Gasteiger partial charge is 0.297 e. The van der Waals surface area contributed by atoms with Gasteiger partial charge < -0.3 is 0 Å². The fourth-order valence-electron chi connectivity index (χ4n) is 0.405. The van der Waals surface area contributed by atoms with Gasteiger partial charge in [0.25, 0.3) is 0 Å². The van der Waals surface area contributed by atoms with Crippen molar-refractivity contribution in [1.29, 1.82) is 0 Å². The van der Waals surface area contributed by atoms with E-state index in [1.807, 2.05) is 27.1 Å². The molecular weight excluding hydrogens is 144 g/mol. The van der Waals surface area contributed by atoms with Crippen molar-refractivity contribution in [2.45, 2.75) is 19.5 Å². The zero-order chi connectivity index (χ0) is 8.04. The van der Waals surface area contributed by atoms with Crippen LogP contribution < -0.4 is 5.32 Å². The molecule has 0 bridgehead atoms. The van der Waals surface area contributed by atoms with Crippen LogP contribution in [0.1, 0.15) is 13.8 Å². The SMILES string of the molecule is CNC(C)(C)N=CCSC. The van der Waals surface area contributed by atoms with Gasteiger partial charge >= 0.3 is 0 Å². The highest BCUT2D eigenvalue weighted by molar-refractivity contribution is 7.99. The van der Waals surface area contributed by atoms with Gasteiger partial charge in [-0.05, 0) is 27.2 Å². The van der Waals surface area contributed by atoms with Gasteiger partial charge in [0.2, 0.25) is 0 Å². The smallest absolute Gasteiger partial charge is 0.104 e. The van der Waals surface area contributed by atoms with Crippen LogP contribution in [0.25, 0.3) is 0 Å². The Bertz CT molecular complexity index is 110. The molecule has 0 atom stereocenters. The molecule has 2 nitrogen and oxygen atoms in total. The second kappa shape index (κ2) is 4.74. The number of thioether (sulfide) groups is 1. The van der Waals surface area contributed by atoms with Gasteiger partial charge in [0.1, 0.15) is 5.66 Å². The molecule has 0 aromatic rings. The average molecular weight is 160 g/mol. The van der Waals surface area contributed by atoms with Crippen LogP contribution in [0.4, 0.5) is 0 Å². The summed E-state index contributed by atoms with van der Waals surface area (Å²) in [5.74, 6) is 0.991. The van der Waals surface area contributed by atoms with Crippen LogP contribution in [0.15, 0.2) is 4.99 Å². The fourth-order valence-corrected chi connectivity index (χ4v) is 0.628. The first-order valence-corrected chi connectivity index (χ1v) is 4.73. The molecule has 0 aromatic carbocycles. The summed E-state index contributed by atoms with van der Waals surface area (Å²) in [6, 6.07) is 0. The van der Waals surface area contributed by atoms with E-state index in [0.29, 0.717) is 0 Å². The van der Waals surface area contributed by atoms with Crippen LogP contribution in [0.5, 0.6) is 0 Å². The highest BCUT2D eigenvalue weighted by Gasteiger charge is 2.08. The molecule has 60 valence electrons. The molecule has 0 aromatic heterocycles. The van der Waals surface area contributed by atoms with Crippen LogP contribution in [-0.4, -0.2) is 30.9 Å². The Hall–Kier alpha value is -0.0200. The molecule has 0 heterocycles. The van der Waals surface area contributed by atoms with Gasteiger partial charge in [-0.25, -0.2) is 0 Å². The molecule has 3 heteroatoms. The quantitative estimate of drug-likeness (QED) is 0.628. The van der Waals surface area contributed by atoms with Crippen LogP contribution in [0.3, 0.4) is 0 Å². The summed E-state index contributed by atoms with van der Waals surface area (Å²) in [6.45, 7) is 4.09. The van der Waals surface area contributed by atoms with Crippen molar-refractivity contribution in [2.24, 2.45) is 4.99 Å². The molecule has 0 saturated heterocycles. The fraction of sp³-hybridized carbons (Fsp3) is 0.857. The normalized spacial score (nSPS) is 12.8. The molecule has 0 fully saturated rings. The minimum atomic E-state index is -0.101. The Kier molecular flexibility index (Phi) is 4.73. The van der Waals surface area contributed by atoms with E-state index >= 15 is 0 Å². The first-order chi connectivity index (χ1) is 4.62. The molecule has 0 aliphatic carbocycles. The summed E-state index contributed by atoms with van der Waals surface area (Å²) in [6.07, 6.45) is 4.01. The Morgan fingerprint density at radius 2 is 2.20 bits per heavy atom. The monoisotopic (exact) mass is 160 g/mol. The van der Waals surface area contributed by atoms with Crippen LogP contribution in [-0.2, 0) is 0 Å². The van der Waals surface area contributed by atoms with Gasteiger partial charge in [-0.1, -0.05) is 0 Å². The molecule has 0 spiro atoms. The predicted octanol–water partition coefficient (Wildman–Crippen LogP) is 1.38. The molecule has 0 aliphatic heterocycles. The molecule has 0 radical (unpaired) electrons. The Morgan fingerprint density at radius 3 is 2.60 bits per heavy atom. The van der Waals surface area contributed by atoms with Gasteiger partial charge in [0.05, 0.1) is 0 Å². The zero-order valence-corrected chi connectivity index (χ0v) is 7.96. The molecule has 10 heavy (non-hydrogen) atoms. The average Bonchev–Trinajstić information content (AvgIpc) is 1.89. The summed E-state index contributed by atoms with van der Waals surface area (Å²) in [7, 11) is 1.91. The summed E-state index contributed by atoms with van der Waals surface area (Å²) in [4.78, 5) is 4.31. The standard InChI is InChI=1S/C7H16N2S/c1-7(2,8-3)9-5-6-10-4/h5,8H,6H2,1-4H3. The maximum Gasteiger partial charge on any atom is 0.104 e. The lowest BCUT2D eigenvalue weighted by Gasteiger charge is -2.17. The first-order valence-electron chi connectivity index (χ1n) is 3.34. The van der Waals surface area contributed by atoms with E-state index in [2.05, 4.69) is 16.6 Å². The van der Waals surface area contributed by atoms with Crippen LogP contribution >= 0.6 is 11.8 Å². The van der Waals surface area contributed by atoms with Gasteiger partial charge in [0.15, 0.2) is 0 Å². The van der Waals surface area contributed by atoms with Gasteiger partial charge in [0, 0.05) is 12.0 Å². The highest BCUT2D eigenvalue weighted by Crippen LogP contribution is 2.01. The van der Waals surface area contributed by atoms with Crippen LogP contribution in [0, 0.1) is 0 Å². The van der Waals surface area contributed by atoms with E-state index in [9.17, 15) is 0 Å². The number of nitrogens with zero attached hydrogens (tertiary/aromatic N) is 1. The van der Waals surface area contributed by atoms with E-state index in [0.717, 1.165) is 5.75 Å². The van der Waals surface area contributed by atoms with Crippen molar-refractivity contribution in [1.82, 2.24) is 5.32 Å². The van der Waals surface area contributed by atoms with E-state index in [4.69, 9.17) is 0 Å². The molecule has 0 unspecified atom stereocenters. The molecule has 0 amide bonds. The molecule has 1 N–H and O–H groups in total. The summed E-state index contributed by atoms with van der Waals surface area (Å²) < 4.78 is 0. The van der Waals surface area contributed by atoms with E-state index in [-0.39, 0.29) is 5.66 Å². The van der Waals surface area contributed by atoms with E-state index in [1.165, 1.54) is 0 Å². The lowest BCUT2D eigenvalue weighted by Crippen LogP contribution is -2.33. The maximum absolute atomic E-state index is 4.31. The van der Waals surface area contributed by atoms with Gasteiger partial charge in [-0.15, -0.1) is 0 Å². The van der Waals surface area contributed by atoms with Crippen LogP contribution in [0.2, 0.25) is 0 Å². The summed E-state index contributed by atoms with van der Waals surface area (Å²) in [5.41, 5.74) is -0.101. The summed E-state index contributed by atoms with van der Waals surface area (Å²) in [5, 5.41) is 3.09. The lowest BCUT2D eigenvalue weighted by atomic mass is 10.3. The third kappa shape index (κ3) is 4.82. The topological polar surface area (TPSA) is 24.4 Å². The number of nitrogens with one attached hydrogen (secondary N) is 1. The third-order valence-corrected chi connectivity index (χ3v) is 1.75. The Labute approximate surface area is 67.5 Å². The Morgan fingerprint density at radius 1 is 1.60 bits per heavy atom. The number of hydrogen-bond donors (Lipinski definition) is 1. The molecule has 0 aliphatic rings. The number of aliphatic imine (C=N–C) groups is 1. The van der Waals surface area contributed by atoms with Gasteiger partial charge in [-0.3, -0.25) is 10.3 Å². The maximum atomic E-state index is 4.31. The molecule has 0 saturated carbocycles. The van der Waals surface area contributed by atoms with Crippen molar-refractivity contribution >= 4 is 18.0 Å². The number of hydrogen-bond acceptors (Lipinski definition) is 3. The predicted molar refractivity (Wildman–Crippen MR) is 50.0 cm³/mol. The lowest BCUT2D eigenvalue weighted by molar-refractivity contribution is 0.448. The van der Waals surface area contributed by atoms with E-state index in [1.54, 1.807) is 11.8 Å². The number of rotatable bonds is 4. The molecular formula is C7H16N2S. The minimum Gasteiger partial charge on any atom is -0.297 e.